The molecule has 7 nitrogen and oxygen atoms in total. The Bertz CT molecular complexity index is 412. The van der Waals surface area contributed by atoms with Crippen molar-refractivity contribution in [1.29, 1.82) is 0 Å². The Morgan fingerprint density at radius 1 is 1.35 bits per heavy atom. The second-order valence-electron chi connectivity index (χ2n) is 5.51. The Morgan fingerprint density at radius 2 is 2.10 bits per heavy atom. The van der Waals surface area contributed by atoms with E-state index >= 15 is 0 Å². The lowest BCUT2D eigenvalue weighted by Crippen LogP contribution is -2.52. The van der Waals surface area contributed by atoms with Gasteiger partial charge in [0.1, 0.15) is 6.54 Å². The van der Waals surface area contributed by atoms with Gasteiger partial charge in [0.2, 0.25) is 5.91 Å². The van der Waals surface area contributed by atoms with Crippen molar-refractivity contribution in [2.75, 3.05) is 26.2 Å². The van der Waals surface area contributed by atoms with E-state index in [1.807, 2.05) is 6.92 Å². The fourth-order valence-corrected chi connectivity index (χ4v) is 2.83. The topological polar surface area (TPSA) is 89.9 Å². The summed E-state index contributed by atoms with van der Waals surface area (Å²) in [6.07, 6.45) is 1.70. The lowest BCUT2D eigenvalue weighted by molar-refractivity contribution is -0.143. The van der Waals surface area contributed by atoms with E-state index in [9.17, 15) is 14.4 Å². The molecule has 2 heterocycles. The van der Waals surface area contributed by atoms with Crippen LogP contribution in [0.25, 0.3) is 0 Å². The van der Waals surface area contributed by atoms with Gasteiger partial charge in [0.25, 0.3) is 0 Å². The quantitative estimate of drug-likeness (QED) is 0.715. The molecule has 2 aliphatic heterocycles. The Labute approximate surface area is 117 Å². The molecule has 7 heteroatoms. The van der Waals surface area contributed by atoms with E-state index in [1.54, 1.807) is 9.80 Å². The van der Waals surface area contributed by atoms with Gasteiger partial charge in [0, 0.05) is 25.7 Å². The largest absolute Gasteiger partial charge is 0.481 e. The highest BCUT2D eigenvalue weighted by molar-refractivity contribution is 5.84. The third kappa shape index (κ3) is 3.20. The number of piperidine rings is 1. The Kier molecular flexibility index (Phi) is 4.46. The first kappa shape index (κ1) is 14.6. The van der Waals surface area contributed by atoms with Crippen LogP contribution in [0.2, 0.25) is 0 Å². The van der Waals surface area contributed by atoms with Crippen LogP contribution in [0.3, 0.4) is 0 Å². The maximum atomic E-state index is 12.5. The van der Waals surface area contributed by atoms with Crippen molar-refractivity contribution in [2.24, 2.45) is 5.92 Å². The maximum Gasteiger partial charge on any atom is 0.320 e. The van der Waals surface area contributed by atoms with Gasteiger partial charge in [-0.2, -0.15) is 0 Å². The average Bonchev–Trinajstić information content (AvgIpc) is 2.62. The normalized spacial score (nSPS) is 27.8. The number of rotatable bonds is 1. The minimum Gasteiger partial charge on any atom is -0.481 e. The Balaban J connectivity index is 1.98. The van der Waals surface area contributed by atoms with E-state index in [4.69, 9.17) is 5.11 Å². The maximum absolute atomic E-state index is 12.5. The van der Waals surface area contributed by atoms with Crippen LogP contribution >= 0.6 is 0 Å². The molecule has 3 amide bonds. The number of hydrogen-bond acceptors (Lipinski definition) is 3. The fourth-order valence-electron chi connectivity index (χ4n) is 2.83. The van der Waals surface area contributed by atoms with Gasteiger partial charge in [0.15, 0.2) is 0 Å². The molecule has 0 spiro atoms. The van der Waals surface area contributed by atoms with E-state index in [0.29, 0.717) is 32.5 Å². The highest BCUT2D eigenvalue weighted by Gasteiger charge is 2.34. The van der Waals surface area contributed by atoms with Crippen molar-refractivity contribution >= 4 is 17.9 Å². The first-order valence-corrected chi connectivity index (χ1v) is 7.04. The van der Waals surface area contributed by atoms with Crippen molar-refractivity contribution in [3.8, 4) is 0 Å². The molecule has 2 aliphatic rings. The number of nitrogens with one attached hydrogen (secondary N) is 1. The van der Waals surface area contributed by atoms with Crippen LogP contribution in [-0.4, -0.2) is 65.0 Å². The van der Waals surface area contributed by atoms with E-state index < -0.39 is 5.97 Å². The first-order chi connectivity index (χ1) is 9.49. The molecule has 20 heavy (non-hydrogen) atoms. The predicted octanol–water partition coefficient (Wildman–Crippen LogP) is 0.113. The van der Waals surface area contributed by atoms with Crippen molar-refractivity contribution in [3.63, 3.8) is 0 Å². The van der Waals surface area contributed by atoms with Crippen LogP contribution in [0.5, 0.6) is 0 Å². The number of likely N-dealkylation sites (tertiary alicyclic amines) is 1. The van der Waals surface area contributed by atoms with E-state index in [-0.39, 0.29) is 30.4 Å². The van der Waals surface area contributed by atoms with Gasteiger partial charge in [-0.3, -0.25) is 9.59 Å². The summed E-state index contributed by atoms with van der Waals surface area (Å²) in [4.78, 5) is 38.2. The van der Waals surface area contributed by atoms with Crippen molar-refractivity contribution in [2.45, 2.75) is 32.2 Å². The SMILES string of the molecule is CC1CC(C(=O)O)CCN1C(=O)N1CCCNC(=O)C1. The average molecular weight is 283 g/mol. The van der Waals surface area contributed by atoms with Crippen LogP contribution in [0.1, 0.15) is 26.2 Å². The van der Waals surface area contributed by atoms with E-state index in [1.165, 1.54) is 0 Å². The molecular weight excluding hydrogens is 262 g/mol. The fraction of sp³-hybridized carbons (Fsp3) is 0.769. The van der Waals surface area contributed by atoms with Gasteiger partial charge in [-0.05, 0) is 26.2 Å². The molecule has 0 radical (unpaired) electrons. The van der Waals surface area contributed by atoms with Crippen LogP contribution < -0.4 is 5.32 Å². The molecule has 0 aliphatic carbocycles. The summed E-state index contributed by atoms with van der Waals surface area (Å²) in [6, 6.07) is -0.262. The zero-order valence-electron chi connectivity index (χ0n) is 11.7. The first-order valence-electron chi connectivity index (χ1n) is 7.04. The lowest BCUT2D eigenvalue weighted by Gasteiger charge is -2.38. The van der Waals surface area contributed by atoms with Crippen LogP contribution in [0.15, 0.2) is 0 Å². The number of aliphatic carboxylic acids is 1. The Morgan fingerprint density at radius 3 is 2.75 bits per heavy atom. The van der Waals surface area contributed by atoms with Gasteiger partial charge in [-0.25, -0.2) is 4.79 Å². The van der Waals surface area contributed by atoms with Crippen LogP contribution in [0, 0.1) is 5.92 Å². The van der Waals surface area contributed by atoms with E-state index in [0.717, 1.165) is 6.42 Å². The van der Waals surface area contributed by atoms with Crippen molar-refractivity contribution < 1.29 is 19.5 Å². The third-order valence-corrected chi connectivity index (χ3v) is 4.00. The predicted molar refractivity (Wildman–Crippen MR) is 71.1 cm³/mol. The number of carboxylic acids is 1. The number of hydrogen-bond donors (Lipinski definition) is 2. The van der Waals surface area contributed by atoms with Gasteiger partial charge in [-0.15, -0.1) is 0 Å². The molecular formula is C13H21N3O4. The summed E-state index contributed by atoms with van der Waals surface area (Å²) in [5.41, 5.74) is 0. The zero-order valence-corrected chi connectivity index (χ0v) is 11.7. The van der Waals surface area contributed by atoms with Crippen molar-refractivity contribution in [3.05, 3.63) is 0 Å². The van der Waals surface area contributed by atoms with Gasteiger partial charge < -0.3 is 20.2 Å². The summed E-state index contributed by atoms with van der Waals surface area (Å²) in [6.45, 7) is 3.55. The smallest absolute Gasteiger partial charge is 0.320 e. The highest BCUT2D eigenvalue weighted by Crippen LogP contribution is 2.24. The van der Waals surface area contributed by atoms with Crippen LogP contribution in [-0.2, 0) is 9.59 Å². The summed E-state index contributed by atoms with van der Waals surface area (Å²) in [7, 11) is 0. The highest BCUT2D eigenvalue weighted by atomic mass is 16.4. The minimum absolute atomic E-state index is 0.0877. The Hall–Kier alpha value is -1.79. The third-order valence-electron chi connectivity index (χ3n) is 4.00. The molecule has 2 unspecified atom stereocenters. The van der Waals surface area contributed by atoms with Gasteiger partial charge in [-0.1, -0.05) is 0 Å². The summed E-state index contributed by atoms with van der Waals surface area (Å²) < 4.78 is 0. The molecule has 2 fully saturated rings. The summed E-state index contributed by atoms with van der Waals surface area (Å²) in [5, 5.41) is 11.8. The van der Waals surface area contributed by atoms with Gasteiger partial charge >= 0.3 is 12.0 Å². The molecule has 112 valence electrons. The molecule has 0 aromatic carbocycles. The summed E-state index contributed by atoms with van der Waals surface area (Å²) in [5.74, 6) is -1.30. The van der Waals surface area contributed by atoms with Crippen molar-refractivity contribution in [1.82, 2.24) is 15.1 Å². The number of amides is 3. The van der Waals surface area contributed by atoms with Crippen LogP contribution in [0.4, 0.5) is 4.79 Å². The number of carbonyl (C=O) groups excluding carboxylic acids is 2. The second-order valence-corrected chi connectivity index (χ2v) is 5.51. The molecule has 0 bridgehead atoms. The standard InChI is InChI=1S/C13H21N3O4/c1-9-7-10(12(18)19)3-6-16(9)13(20)15-5-2-4-14-11(17)8-15/h9-10H,2-8H2,1H3,(H,14,17)(H,18,19). The zero-order chi connectivity index (χ0) is 14.7. The summed E-state index contributed by atoms with van der Waals surface area (Å²) >= 11 is 0. The number of carboxylic acid groups (broad SMARTS) is 1. The second kappa shape index (κ2) is 6.11. The number of carbonyl (C=O) groups is 3. The van der Waals surface area contributed by atoms with Gasteiger partial charge in [0.05, 0.1) is 5.92 Å². The monoisotopic (exact) mass is 283 g/mol. The molecule has 0 saturated carbocycles. The lowest BCUT2D eigenvalue weighted by atomic mass is 9.92. The molecule has 0 aromatic rings. The number of nitrogens with zero attached hydrogens (tertiary/aromatic N) is 2. The van der Waals surface area contributed by atoms with E-state index in [2.05, 4.69) is 5.32 Å². The molecule has 0 aromatic heterocycles. The molecule has 2 atom stereocenters. The molecule has 2 saturated heterocycles. The number of urea groups is 1. The molecule has 2 N–H and O–H groups in total. The molecule has 2 rings (SSSR count). The minimum atomic E-state index is -0.793.